The SMILES string of the molecule is CC(NC(=O)COC(=O)Cc1ccccc1)c1ccc(Cl)cc1. The Morgan fingerprint density at radius 2 is 1.74 bits per heavy atom. The van der Waals surface area contributed by atoms with Crippen LogP contribution < -0.4 is 5.32 Å². The van der Waals surface area contributed by atoms with E-state index in [0.717, 1.165) is 11.1 Å². The van der Waals surface area contributed by atoms with Gasteiger partial charge in [0.05, 0.1) is 12.5 Å². The summed E-state index contributed by atoms with van der Waals surface area (Å²) in [6.07, 6.45) is 0.154. The lowest BCUT2D eigenvalue weighted by atomic mass is 10.1. The Morgan fingerprint density at radius 1 is 1.09 bits per heavy atom. The van der Waals surface area contributed by atoms with Gasteiger partial charge in [0.1, 0.15) is 0 Å². The Balaban J connectivity index is 1.76. The quantitative estimate of drug-likeness (QED) is 0.826. The molecule has 0 aliphatic rings. The molecule has 0 saturated carbocycles. The van der Waals surface area contributed by atoms with Gasteiger partial charge < -0.3 is 10.1 Å². The number of carbonyl (C=O) groups excluding carboxylic acids is 2. The predicted octanol–water partition coefficient (Wildman–Crippen LogP) is 3.30. The number of halogens is 1. The summed E-state index contributed by atoms with van der Waals surface area (Å²) in [7, 11) is 0. The molecule has 0 bridgehead atoms. The molecule has 0 radical (unpaired) electrons. The van der Waals surface area contributed by atoms with Crippen molar-refractivity contribution in [1.82, 2.24) is 5.32 Å². The van der Waals surface area contributed by atoms with E-state index in [9.17, 15) is 9.59 Å². The number of carbonyl (C=O) groups is 2. The van der Waals surface area contributed by atoms with Crippen molar-refractivity contribution >= 4 is 23.5 Å². The zero-order valence-electron chi connectivity index (χ0n) is 12.8. The number of hydrogen-bond acceptors (Lipinski definition) is 3. The van der Waals surface area contributed by atoms with Crippen LogP contribution in [0.1, 0.15) is 24.1 Å². The molecule has 1 N–H and O–H groups in total. The fraction of sp³-hybridized carbons (Fsp3) is 0.222. The second-order valence-electron chi connectivity index (χ2n) is 5.16. The van der Waals surface area contributed by atoms with Gasteiger partial charge in [-0.2, -0.15) is 0 Å². The van der Waals surface area contributed by atoms with E-state index in [1.165, 1.54) is 0 Å². The number of rotatable bonds is 6. The molecule has 0 spiro atoms. The lowest BCUT2D eigenvalue weighted by molar-refractivity contribution is -0.148. The summed E-state index contributed by atoms with van der Waals surface area (Å²) in [6, 6.07) is 16.3. The van der Waals surface area contributed by atoms with Crippen LogP contribution in [-0.2, 0) is 20.7 Å². The molecule has 4 nitrogen and oxygen atoms in total. The normalized spacial score (nSPS) is 11.6. The van der Waals surface area contributed by atoms with Gasteiger partial charge in [-0.15, -0.1) is 0 Å². The van der Waals surface area contributed by atoms with Gasteiger partial charge in [0, 0.05) is 5.02 Å². The van der Waals surface area contributed by atoms with E-state index in [0.29, 0.717) is 5.02 Å². The number of nitrogens with one attached hydrogen (secondary N) is 1. The highest BCUT2D eigenvalue weighted by atomic mass is 35.5. The Labute approximate surface area is 140 Å². The first-order chi connectivity index (χ1) is 11.0. The van der Waals surface area contributed by atoms with Crippen LogP contribution in [0.3, 0.4) is 0 Å². The average molecular weight is 332 g/mol. The first kappa shape index (κ1) is 17.0. The Bertz CT molecular complexity index is 656. The van der Waals surface area contributed by atoms with Gasteiger partial charge in [-0.05, 0) is 30.2 Å². The maximum Gasteiger partial charge on any atom is 0.310 e. The van der Waals surface area contributed by atoms with Gasteiger partial charge in [-0.3, -0.25) is 9.59 Å². The fourth-order valence-corrected chi connectivity index (χ4v) is 2.20. The molecule has 0 aromatic heterocycles. The van der Waals surface area contributed by atoms with Gasteiger partial charge in [-0.25, -0.2) is 0 Å². The van der Waals surface area contributed by atoms with Crippen molar-refractivity contribution in [2.24, 2.45) is 0 Å². The van der Waals surface area contributed by atoms with E-state index in [-0.39, 0.29) is 25.0 Å². The fourth-order valence-electron chi connectivity index (χ4n) is 2.08. The monoisotopic (exact) mass is 331 g/mol. The minimum Gasteiger partial charge on any atom is -0.455 e. The minimum atomic E-state index is -0.425. The average Bonchev–Trinajstić information content (AvgIpc) is 2.54. The molecular formula is C18H18ClNO3. The van der Waals surface area contributed by atoms with Gasteiger partial charge >= 0.3 is 5.97 Å². The Hall–Kier alpha value is -2.33. The first-order valence-electron chi connectivity index (χ1n) is 7.29. The third-order valence-electron chi connectivity index (χ3n) is 3.30. The zero-order valence-corrected chi connectivity index (χ0v) is 13.5. The molecule has 5 heteroatoms. The van der Waals surface area contributed by atoms with Crippen LogP contribution in [0.15, 0.2) is 54.6 Å². The standard InChI is InChI=1S/C18H18ClNO3/c1-13(15-7-9-16(19)10-8-15)20-17(21)12-23-18(22)11-14-5-3-2-4-6-14/h2-10,13H,11-12H2,1H3,(H,20,21). The molecule has 1 atom stereocenters. The van der Waals surface area contributed by atoms with Crippen LogP contribution >= 0.6 is 11.6 Å². The molecule has 120 valence electrons. The Kier molecular flexibility index (Phi) is 6.18. The highest BCUT2D eigenvalue weighted by molar-refractivity contribution is 6.30. The molecule has 0 heterocycles. The summed E-state index contributed by atoms with van der Waals surface area (Å²) in [5.74, 6) is -0.764. The van der Waals surface area contributed by atoms with E-state index in [2.05, 4.69) is 5.32 Å². The lowest BCUT2D eigenvalue weighted by Crippen LogP contribution is -2.31. The summed E-state index contributed by atoms with van der Waals surface area (Å²) in [5.41, 5.74) is 1.78. The van der Waals surface area contributed by atoms with E-state index in [1.807, 2.05) is 49.4 Å². The third-order valence-corrected chi connectivity index (χ3v) is 3.56. The van der Waals surface area contributed by atoms with Crippen LogP contribution in [0.2, 0.25) is 5.02 Å². The highest BCUT2D eigenvalue weighted by Gasteiger charge is 2.12. The van der Waals surface area contributed by atoms with Crippen LogP contribution in [0, 0.1) is 0 Å². The number of ether oxygens (including phenoxy) is 1. The molecule has 0 fully saturated rings. The molecule has 1 unspecified atom stereocenters. The second kappa shape index (κ2) is 8.34. The van der Waals surface area contributed by atoms with E-state index >= 15 is 0 Å². The van der Waals surface area contributed by atoms with E-state index in [1.54, 1.807) is 12.1 Å². The summed E-state index contributed by atoms with van der Waals surface area (Å²) >= 11 is 5.83. The van der Waals surface area contributed by atoms with Crippen LogP contribution in [0.5, 0.6) is 0 Å². The molecule has 2 aromatic carbocycles. The van der Waals surface area contributed by atoms with Gasteiger partial charge in [0.2, 0.25) is 0 Å². The molecule has 1 amide bonds. The molecule has 2 aromatic rings. The highest BCUT2D eigenvalue weighted by Crippen LogP contribution is 2.15. The zero-order chi connectivity index (χ0) is 16.7. The van der Waals surface area contributed by atoms with Crippen molar-refractivity contribution in [3.8, 4) is 0 Å². The van der Waals surface area contributed by atoms with Crippen LogP contribution in [0.25, 0.3) is 0 Å². The van der Waals surface area contributed by atoms with Crippen molar-refractivity contribution in [3.63, 3.8) is 0 Å². The summed E-state index contributed by atoms with van der Waals surface area (Å²) in [4.78, 5) is 23.5. The van der Waals surface area contributed by atoms with Crippen molar-refractivity contribution in [1.29, 1.82) is 0 Å². The topological polar surface area (TPSA) is 55.4 Å². The number of hydrogen-bond donors (Lipinski definition) is 1. The summed E-state index contributed by atoms with van der Waals surface area (Å²) in [6.45, 7) is 1.57. The molecule has 0 aliphatic heterocycles. The minimum absolute atomic E-state index is 0.154. The van der Waals surface area contributed by atoms with E-state index < -0.39 is 5.97 Å². The van der Waals surface area contributed by atoms with Gasteiger partial charge in [0.15, 0.2) is 6.61 Å². The maximum absolute atomic E-state index is 11.8. The number of benzene rings is 2. The molecule has 0 saturated heterocycles. The van der Waals surface area contributed by atoms with Crippen molar-refractivity contribution in [3.05, 3.63) is 70.7 Å². The first-order valence-corrected chi connectivity index (χ1v) is 7.67. The lowest BCUT2D eigenvalue weighted by Gasteiger charge is -2.14. The van der Waals surface area contributed by atoms with E-state index in [4.69, 9.17) is 16.3 Å². The Morgan fingerprint density at radius 3 is 2.39 bits per heavy atom. The van der Waals surface area contributed by atoms with Gasteiger partial charge in [-0.1, -0.05) is 54.1 Å². The molecular weight excluding hydrogens is 314 g/mol. The third kappa shape index (κ3) is 5.75. The smallest absolute Gasteiger partial charge is 0.310 e. The van der Waals surface area contributed by atoms with Crippen molar-refractivity contribution < 1.29 is 14.3 Å². The molecule has 23 heavy (non-hydrogen) atoms. The van der Waals surface area contributed by atoms with Crippen molar-refractivity contribution in [2.45, 2.75) is 19.4 Å². The van der Waals surface area contributed by atoms with Crippen LogP contribution in [0.4, 0.5) is 0 Å². The number of esters is 1. The second-order valence-corrected chi connectivity index (χ2v) is 5.60. The number of amides is 1. The summed E-state index contributed by atoms with van der Waals surface area (Å²) < 4.78 is 4.99. The largest absolute Gasteiger partial charge is 0.455 e. The maximum atomic E-state index is 11.8. The molecule has 2 rings (SSSR count). The van der Waals surface area contributed by atoms with Crippen LogP contribution in [-0.4, -0.2) is 18.5 Å². The predicted molar refractivity (Wildman–Crippen MR) is 89.1 cm³/mol. The van der Waals surface area contributed by atoms with Crippen molar-refractivity contribution in [2.75, 3.05) is 6.61 Å². The molecule has 0 aliphatic carbocycles. The summed E-state index contributed by atoms with van der Waals surface area (Å²) in [5, 5.41) is 3.42. The van der Waals surface area contributed by atoms with Gasteiger partial charge in [0.25, 0.3) is 5.91 Å².